The van der Waals surface area contributed by atoms with Gasteiger partial charge >= 0.3 is 0 Å². The molecule has 0 bridgehead atoms. The van der Waals surface area contributed by atoms with Crippen molar-refractivity contribution < 1.29 is 5.11 Å². The number of aliphatic hydroxyl groups excluding tert-OH is 1. The molecule has 0 saturated carbocycles. The molecule has 1 atom stereocenters. The lowest BCUT2D eigenvalue weighted by molar-refractivity contribution is 0.154. The van der Waals surface area contributed by atoms with Crippen molar-refractivity contribution in [3.63, 3.8) is 0 Å². The summed E-state index contributed by atoms with van der Waals surface area (Å²) in [5.41, 5.74) is -0.154. The molecule has 1 aromatic rings. The molecule has 20 heavy (non-hydrogen) atoms. The minimum atomic E-state index is -0.154. The molecule has 1 rings (SSSR count). The standard InChI is InChI=1S/C16H26ClNOS/c1-13(2)18-16(3,12-19)10-4-5-11-20-15-8-6-14(17)7-9-15/h6-9,13,18-19H,4-5,10-12H2,1-3H3. The quantitative estimate of drug-likeness (QED) is 0.525. The summed E-state index contributed by atoms with van der Waals surface area (Å²) < 4.78 is 0. The van der Waals surface area contributed by atoms with Crippen LogP contribution < -0.4 is 5.32 Å². The second-order valence-corrected chi connectivity index (χ2v) is 7.38. The second-order valence-electron chi connectivity index (χ2n) is 5.78. The van der Waals surface area contributed by atoms with Crippen LogP contribution in [0.4, 0.5) is 0 Å². The fourth-order valence-electron chi connectivity index (χ4n) is 2.23. The van der Waals surface area contributed by atoms with Gasteiger partial charge in [-0.25, -0.2) is 0 Å². The van der Waals surface area contributed by atoms with Gasteiger partial charge in [0.15, 0.2) is 0 Å². The Morgan fingerprint density at radius 2 is 1.90 bits per heavy atom. The van der Waals surface area contributed by atoms with E-state index in [0.29, 0.717) is 6.04 Å². The van der Waals surface area contributed by atoms with Crippen molar-refractivity contribution in [1.29, 1.82) is 0 Å². The molecule has 0 amide bonds. The smallest absolute Gasteiger partial charge is 0.0610 e. The van der Waals surface area contributed by atoms with Crippen molar-refractivity contribution in [3.05, 3.63) is 29.3 Å². The predicted molar refractivity (Wildman–Crippen MR) is 89.8 cm³/mol. The minimum absolute atomic E-state index is 0.154. The zero-order valence-corrected chi connectivity index (χ0v) is 14.2. The third-order valence-electron chi connectivity index (χ3n) is 3.19. The van der Waals surface area contributed by atoms with E-state index in [2.05, 4.69) is 38.2 Å². The highest BCUT2D eigenvalue weighted by Crippen LogP contribution is 2.22. The molecule has 0 aromatic heterocycles. The van der Waals surface area contributed by atoms with Gasteiger partial charge in [0, 0.05) is 21.5 Å². The fourth-order valence-corrected chi connectivity index (χ4v) is 3.27. The molecule has 1 unspecified atom stereocenters. The van der Waals surface area contributed by atoms with Gasteiger partial charge in [0.1, 0.15) is 0 Å². The van der Waals surface area contributed by atoms with Gasteiger partial charge < -0.3 is 10.4 Å². The van der Waals surface area contributed by atoms with E-state index in [-0.39, 0.29) is 12.1 Å². The summed E-state index contributed by atoms with van der Waals surface area (Å²) in [6.07, 6.45) is 3.28. The molecule has 0 aliphatic carbocycles. The highest BCUT2D eigenvalue weighted by Gasteiger charge is 2.22. The molecule has 2 N–H and O–H groups in total. The van der Waals surface area contributed by atoms with Crippen LogP contribution in [0.5, 0.6) is 0 Å². The minimum Gasteiger partial charge on any atom is -0.394 e. The third-order valence-corrected chi connectivity index (χ3v) is 4.54. The van der Waals surface area contributed by atoms with E-state index in [0.717, 1.165) is 30.0 Å². The first kappa shape index (κ1) is 17.8. The number of hydrogen-bond donors (Lipinski definition) is 2. The van der Waals surface area contributed by atoms with E-state index < -0.39 is 0 Å². The lowest BCUT2D eigenvalue weighted by atomic mass is 9.95. The van der Waals surface area contributed by atoms with Crippen LogP contribution in [-0.2, 0) is 0 Å². The maximum absolute atomic E-state index is 9.51. The van der Waals surface area contributed by atoms with Gasteiger partial charge in [-0.3, -0.25) is 0 Å². The normalized spacial score (nSPS) is 14.5. The largest absolute Gasteiger partial charge is 0.394 e. The molecule has 0 heterocycles. The molecule has 1 aromatic carbocycles. The molecule has 0 spiro atoms. The zero-order valence-electron chi connectivity index (χ0n) is 12.7. The van der Waals surface area contributed by atoms with Crippen LogP contribution in [0.25, 0.3) is 0 Å². The molecule has 0 radical (unpaired) electrons. The number of nitrogens with one attached hydrogen (secondary N) is 1. The van der Waals surface area contributed by atoms with Crippen molar-refractivity contribution in [2.45, 2.75) is 56.5 Å². The highest BCUT2D eigenvalue weighted by molar-refractivity contribution is 7.99. The Morgan fingerprint density at radius 1 is 1.25 bits per heavy atom. The molecule has 0 aliphatic heterocycles. The van der Waals surface area contributed by atoms with Crippen LogP contribution in [0.1, 0.15) is 40.0 Å². The fraction of sp³-hybridized carbons (Fsp3) is 0.625. The molecule has 0 fully saturated rings. The molecule has 114 valence electrons. The Bertz CT molecular complexity index is 383. The number of benzene rings is 1. The average molecular weight is 316 g/mol. The summed E-state index contributed by atoms with van der Waals surface area (Å²) in [6, 6.07) is 8.38. The Morgan fingerprint density at radius 3 is 2.45 bits per heavy atom. The van der Waals surface area contributed by atoms with Gasteiger partial charge in [0.2, 0.25) is 0 Å². The number of hydrogen-bond acceptors (Lipinski definition) is 3. The molecule has 4 heteroatoms. The van der Waals surface area contributed by atoms with E-state index in [1.807, 2.05) is 23.9 Å². The maximum Gasteiger partial charge on any atom is 0.0610 e. The Kier molecular flexibility index (Phi) is 7.96. The van der Waals surface area contributed by atoms with Crippen LogP contribution in [0.3, 0.4) is 0 Å². The van der Waals surface area contributed by atoms with Crippen LogP contribution in [0.2, 0.25) is 5.02 Å². The number of unbranched alkanes of at least 4 members (excludes halogenated alkanes) is 1. The topological polar surface area (TPSA) is 32.3 Å². The second kappa shape index (κ2) is 8.93. The Labute approximate surface area is 132 Å². The summed E-state index contributed by atoms with van der Waals surface area (Å²) in [5.74, 6) is 1.10. The van der Waals surface area contributed by atoms with E-state index >= 15 is 0 Å². The van der Waals surface area contributed by atoms with Crippen LogP contribution in [0, 0.1) is 0 Å². The van der Waals surface area contributed by atoms with Crippen molar-refractivity contribution >= 4 is 23.4 Å². The lowest BCUT2D eigenvalue weighted by Gasteiger charge is -2.31. The van der Waals surface area contributed by atoms with Gasteiger partial charge in [0.05, 0.1) is 6.61 Å². The van der Waals surface area contributed by atoms with Crippen molar-refractivity contribution in [2.75, 3.05) is 12.4 Å². The van der Waals surface area contributed by atoms with Crippen LogP contribution in [0.15, 0.2) is 29.2 Å². The van der Waals surface area contributed by atoms with E-state index in [1.165, 1.54) is 4.90 Å². The Balaban J connectivity index is 2.22. The van der Waals surface area contributed by atoms with Gasteiger partial charge in [-0.2, -0.15) is 0 Å². The van der Waals surface area contributed by atoms with Gasteiger partial charge in [-0.05, 0) is 49.8 Å². The molecule has 0 aliphatic rings. The summed E-state index contributed by atoms with van der Waals surface area (Å²) >= 11 is 7.72. The lowest BCUT2D eigenvalue weighted by Crippen LogP contribution is -2.49. The van der Waals surface area contributed by atoms with Gasteiger partial charge in [-0.15, -0.1) is 11.8 Å². The van der Waals surface area contributed by atoms with Gasteiger partial charge in [0.25, 0.3) is 0 Å². The van der Waals surface area contributed by atoms with Crippen LogP contribution in [-0.4, -0.2) is 29.0 Å². The number of halogens is 1. The van der Waals surface area contributed by atoms with E-state index in [9.17, 15) is 5.11 Å². The summed E-state index contributed by atoms with van der Waals surface area (Å²) in [5, 5.41) is 13.7. The summed E-state index contributed by atoms with van der Waals surface area (Å²) in [6.45, 7) is 6.52. The summed E-state index contributed by atoms with van der Waals surface area (Å²) in [7, 11) is 0. The summed E-state index contributed by atoms with van der Waals surface area (Å²) in [4.78, 5) is 1.26. The zero-order chi connectivity index (χ0) is 15.0. The monoisotopic (exact) mass is 315 g/mol. The van der Waals surface area contributed by atoms with Crippen molar-refractivity contribution in [2.24, 2.45) is 0 Å². The first-order chi connectivity index (χ1) is 9.45. The maximum atomic E-state index is 9.51. The molecule has 2 nitrogen and oxygen atoms in total. The number of rotatable bonds is 9. The van der Waals surface area contributed by atoms with Crippen LogP contribution >= 0.6 is 23.4 Å². The molecular formula is C16H26ClNOS. The molecule has 0 saturated heterocycles. The van der Waals surface area contributed by atoms with E-state index in [1.54, 1.807) is 0 Å². The SMILES string of the molecule is CC(C)NC(C)(CO)CCCCSc1ccc(Cl)cc1. The molecular weight excluding hydrogens is 290 g/mol. The number of aliphatic hydroxyl groups is 1. The van der Waals surface area contributed by atoms with E-state index in [4.69, 9.17) is 11.6 Å². The predicted octanol–water partition coefficient (Wildman–Crippen LogP) is 4.35. The third kappa shape index (κ3) is 6.98. The highest BCUT2D eigenvalue weighted by atomic mass is 35.5. The first-order valence-electron chi connectivity index (χ1n) is 7.22. The van der Waals surface area contributed by atoms with Gasteiger partial charge in [-0.1, -0.05) is 31.9 Å². The number of thioether (sulfide) groups is 1. The Hall–Kier alpha value is -0.220. The van der Waals surface area contributed by atoms with Crippen molar-refractivity contribution in [1.82, 2.24) is 5.32 Å². The van der Waals surface area contributed by atoms with Crippen molar-refractivity contribution in [3.8, 4) is 0 Å². The first-order valence-corrected chi connectivity index (χ1v) is 8.58. The average Bonchev–Trinajstić information content (AvgIpc) is 2.40.